The fourth-order valence-corrected chi connectivity index (χ4v) is 2.80. The van der Waals surface area contributed by atoms with E-state index in [1.165, 1.54) is 12.1 Å². The lowest BCUT2D eigenvalue weighted by Crippen LogP contribution is -2.34. The number of halogens is 2. The van der Waals surface area contributed by atoms with Gasteiger partial charge < -0.3 is 15.6 Å². The minimum atomic E-state index is -1.08. The third-order valence-corrected chi connectivity index (χ3v) is 4.14. The number of carbonyl (C=O) groups excluding carboxylic acids is 2. The highest BCUT2D eigenvalue weighted by molar-refractivity contribution is 7.99. The minimum Gasteiger partial charge on any atom is -0.346 e. The monoisotopic (exact) mass is 396 g/mol. The summed E-state index contributed by atoms with van der Waals surface area (Å²) in [4.78, 5) is 41.9. The maximum absolute atomic E-state index is 13.1. The van der Waals surface area contributed by atoms with Crippen molar-refractivity contribution in [1.29, 1.82) is 0 Å². The van der Waals surface area contributed by atoms with Crippen LogP contribution < -0.4 is 16.2 Å². The molecule has 1 heterocycles. The molecule has 10 heteroatoms. The van der Waals surface area contributed by atoms with Crippen molar-refractivity contribution >= 4 is 29.3 Å². The van der Waals surface area contributed by atoms with Gasteiger partial charge >= 0.3 is 0 Å². The van der Waals surface area contributed by atoms with Gasteiger partial charge in [0, 0.05) is 23.5 Å². The van der Waals surface area contributed by atoms with Crippen molar-refractivity contribution in [2.75, 3.05) is 17.6 Å². The Labute approximate surface area is 158 Å². The second-order valence-corrected chi connectivity index (χ2v) is 6.50. The minimum absolute atomic E-state index is 0.0447. The van der Waals surface area contributed by atoms with E-state index in [-0.39, 0.29) is 23.5 Å². The van der Waals surface area contributed by atoms with Gasteiger partial charge in [-0.2, -0.15) is 0 Å². The third kappa shape index (κ3) is 6.81. The molecule has 0 spiro atoms. The molecule has 144 valence electrons. The van der Waals surface area contributed by atoms with Crippen molar-refractivity contribution < 1.29 is 18.4 Å². The first-order chi connectivity index (χ1) is 12.9. The van der Waals surface area contributed by atoms with Gasteiger partial charge in [0.25, 0.3) is 5.56 Å². The number of aryl methyl sites for hydroxylation is 1. The summed E-state index contributed by atoms with van der Waals surface area (Å²) >= 11 is 1.04. The molecule has 0 saturated heterocycles. The highest BCUT2D eigenvalue weighted by Gasteiger charge is 2.10. The number of amides is 2. The summed E-state index contributed by atoms with van der Waals surface area (Å²) in [6, 6.07) is 4.35. The van der Waals surface area contributed by atoms with Crippen LogP contribution in [0.2, 0.25) is 0 Å². The fourth-order valence-electron chi connectivity index (χ4n) is 2.08. The van der Waals surface area contributed by atoms with Crippen LogP contribution in [0.1, 0.15) is 19.0 Å². The van der Waals surface area contributed by atoms with Gasteiger partial charge in [0.15, 0.2) is 16.8 Å². The van der Waals surface area contributed by atoms with Crippen molar-refractivity contribution in [2.24, 2.45) is 0 Å². The number of aromatic nitrogens is 2. The highest BCUT2D eigenvalue weighted by Crippen LogP contribution is 2.13. The summed E-state index contributed by atoms with van der Waals surface area (Å²) in [5, 5.41) is 5.06. The quantitative estimate of drug-likeness (QED) is 0.467. The number of thioether (sulfide) groups is 1. The Kier molecular flexibility index (Phi) is 7.47. The molecule has 3 N–H and O–H groups in total. The smallest absolute Gasteiger partial charge is 0.251 e. The molecular formula is C17H18F2N4O3S. The van der Waals surface area contributed by atoms with Crippen molar-refractivity contribution in [3.63, 3.8) is 0 Å². The van der Waals surface area contributed by atoms with E-state index >= 15 is 0 Å². The molecule has 1 aromatic heterocycles. The Morgan fingerprint density at radius 1 is 1.19 bits per heavy atom. The van der Waals surface area contributed by atoms with Crippen molar-refractivity contribution in [3.8, 4) is 0 Å². The van der Waals surface area contributed by atoms with Gasteiger partial charge in [0.2, 0.25) is 11.8 Å². The molecule has 0 aliphatic carbocycles. The first-order valence-electron chi connectivity index (χ1n) is 8.12. The van der Waals surface area contributed by atoms with E-state index in [1.807, 2.05) is 6.92 Å². The van der Waals surface area contributed by atoms with Crippen LogP contribution in [0.5, 0.6) is 0 Å². The Hall–Kier alpha value is -2.75. The molecule has 0 atom stereocenters. The zero-order valence-electron chi connectivity index (χ0n) is 14.5. The number of H-pyrrole nitrogens is 1. The maximum Gasteiger partial charge on any atom is 0.251 e. The Morgan fingerprint density at radius 2 is 1.96 bits per heavy atom. The van der Waals surface area contributed by atoms with Crippen molar-refractivity contribution in [2.45, 2.75) is 24.9 Å². The van der Waals surface area contributed by atoms with Crippen molar-refractivity contribution in [3.05, 3.63) is 51.9 Å². The molecule has 2 aromatic rings. The SMILES string of the molecule is CCCc1cc(=O)[nH]c(SCC(=O)NCC(=O)Nc2ccc(F)c(F)c2)n1. The predicted octanol–water partition coefficient (Wildman–Crippen LogP) is 1.85. The highest BCUT2D eigenvalue weighted by atomic mass is 32.2. The number of benzene rings is 1. The van der Waals surface area contributed by atoms with Crippen molar-refractivity contribution in [1.82, 2.24) is 15.3 Å². The predicted molar refractivity (Wildman–Crippen MR) is 97.6 cm³/mol. The van der Waals surface area contributed by atoms with E-state index in [2.05, 4.69) is 20.6 Å². The second-order valence-electron chi connectivity index (χ2n) is 5.53. The van der Waals surface area contributed by atoms with Gasteiger partial charge in [-0.3, -0.25) is 14.4 Å². The van der Waals surface area contributed by atoms with E-state index in [4.69, 9.17) is 0 Å². The lowest BCUT2D eigenvalue weighted by molar-refractivity contribution is -0.122. The number of hydrogen-bond donors (Lipinski definition) is 3. The lowest BCUT2D eigenvalue weighted by Gasteiger charge is -2.07. The summed E-state index contributed by atoms with van der Waals surface area (Å²) in [6.45, 7) is 1.63. The largest absolute Gasteiger partial charge is 0.346 e. The summed E-state index contributed by atoms with van der Waals surface area (Å²) in [5.74, 6) is -3.18. The van der Waals surface area contributed by atoms with Gasteiger partial charge in [0.05, 0.1) is 12.3 Å². The maximum atomic E-state index is 13.1. The van der Waals surface area contributed by atoms with Crippen LogP contribution in [0.3, 0.4) is 0 Å². The summed E-state index contributed by atoms with van der Waals surface area (Å²) in [7, 11) is 0. The summed E-state index contributed by atoms with van der Waals surface area (Å²) in [5.41, 5.74) is 0.439. The van der Waals surface area contributed by atoms with E-state index < -0.39 is 23.4 Å². The number of anilines is 1. The first-order valence-corrected chi connectivity index (χ1v) is 9.10. The lowest BCUT2D eigenvalue weighted by atomic mass is 10.2. The van der Waals surface area contributed by atoms with Crippen LogP contribution in [0.4, 0.5) is 14.5 Å². The third-order valence-electron chi connectivity index (χ3n) is 3.27. The summed E-state index contributed by atoms with van der Waals surface area (Å²) < 4.78 is 25.9. The molecule has 2 rings (SSSR count). The van der Waals surface area contributed by atoms with Gasteiger partial charge in [-0.15, -0.1) is 0 Å². The molecule has 0 aliphatic rings. The number of nitrogens with zero attached hydrogens (tertiary/aromatic N) is 1. The molecule has 1 aromatic carbocycles. The van der Waals surface area contributed by atoms with E-state index in [9.17, 15) is 23.2 Å². The zero-order chi connectivity index (χ0) is 19.8. The Balaban J connectivity index is 1.79. The molecule has 0 radical (unpaired) electrons. The van der Waals surface area contributed by atoms with Gasteiger partial charge in [-0.1, -0.05) is 25.1 Å². The Bertz CT molecular complexity index is 889. The van der Waals surface area contributed by atoms with Crippen LogP contribution in [0, 0.1) is 11.6 Å². The molecule has 2 amide bonds. The summed E-state index contributed by atoms with van der Waals surface area (Å²) in [6.07, 6.45) is 1.50. The second kappa shape index (κ2) is 9.81. The topological polar surface area (TPSA) is 104 Å². The normalized spacial score (nSPS) is 10.5. The number of nitrogens with one attached hydrogen (secondary N) is 3. The van der Waals surface area contributed by atoms with E-state index in [0.717, 1.165) is 30.3 Å². The average Bonchev–Trinajstić information content (AvgIpc) is 2.61. The van der Waals surface area contributed by atoms with Gasteiger partial charge in [-0.05, 0) is 18.6 Å². The fraction of sp³-hybridized carbons (Fsp3) is 0.294. The molecule has 27 heavy (non-hydrogen) atoms. The van der Waals surface area contributed by atoms with Gasteiger partial charge in [-0.25, -0.2) is 13.8 Å². The van der Waals surface area contributed by atoms with Crippen LogP contribution in [0.15, 0.2) is 34.2 Å². The molecule has 0 saturated carbocycles. The van der Waals surface area contributed by atoms with Gasteiger partial charge in [0.1, 0.15) is 0 Å². The van der Waals surface area contributed by atoms with E-state index in [0.29, 0.717) is 17.3 Å². The molecule has 0 bridgehead atoms. The molecule has 0 aliphatic heterocycles. The van der Waals surface area contributed by atoms with Crippen LogP contribution in [-0.2, 0) is 16.0 Å². The Morgan fingerprint density at radius 3 is 2.67 bits per heavy atom. The van der Waals surface area contributed by atoms with Crippen LogP contribution in [-0.4, -0.2) is 34.1 Å². The number of hydrogen-bond acceptors (Lipinski definition) is 5. The molecule has 0 fully saturated rings. The standard InChI is InChI=1S/C17H18F2N4O3S/c1-2-3-10-7-14(24)23-17(22-10)27-9-16(26)20-8-15(25)21-11-4-5-12(18)13(19)6-11/h4-7H,2-3,8-9H2,1H3,(H,20,26)(H,21,25)(H,22,23,24). The first kappa shape index (κ1) is 20.6. The van der Waals surface area contributed by atoms with Crippen LogP contribution in [0.25, 0.3) is 0 Å². The average molecular weight is 396 g/mol. The molecular weight excluding hydrogens is 378 g/mol. The number of carbonyl (C=O) groups is 2. The number of aromatic amines is 1. The molecule has 0 unspecified atom stereocenters. The number of rotatable bonds is 8. The zero-order valence-corrected chi connectivity index (χ0v) is 15.3. The molecule has 7 nitrogen and oxygen atoms in total. The van der Waals surface area contributed by atoms with Crippen LogP contribution >= 0.6 is 11.8 Å². The van der Waals surface area contributed by atoms with E-state index in [1.54, 1.807) is 0 Å².